The molecular formula is C15H20N2O2S2. The van der Waals surface area contributed by atoms with E-state index in [1.165, 1.54) is 0 Å². The van der Waals surface area contributed by atoms with Gasteiger partial charge in [0.1, 0.15) is 0 Å². The van der Waals surface area contributed by atoms with Gasteiger partial charge in [-0.1, -0.05) is 13.0 Å². The van der Waals surface area contributed by atoms with Crippen molar-refractivity contribution in [3.05, 3.63) is 29.6 Å². The molecule has 0 spiro atoms. The van der Waals surface area contributed by atoms with Crippen molar-refractivity contribution in [3.63, 3.8) is 0 Å². The third-order valence-corrected chi connectivity index (χ3v) is 7.14. The highest BCUT2D eigenvalue weighted by molar-refractivity contribution is 7.89. The quantitative estimate of drug-likeness (QED) is 0.944. The van der Waals surface area contributed by atoms with Crippen molar-refractivity contribution in [2.24, 2.45) is 5.92 Å². The van der Waals surface area contributed by atoms with Gasteiger partial charge in [-0.05, 0) is 49.0 Å². The van der Waals surface area contributed by atoms with Crippen molar-refractivity contribution in [2.75, 3.05) is 20.1 Å². The molecule has 1 N–H and O–H groups in total. The van der Waals surface area contributed by atoms with Gasteiger partial charge in [-0.25, -0.2) is 8.42 Å². The molecule has 2 heterocycles. The predicted octanol–water partition coefficient (Wildman–Crippen LogP) is 2.52. The summed E-state index contributed by atoms with van der Waals surface area (Å²) in [6, 6.07) is 7.46. The van der Waals surface area contributed by atoms with E-state index in [4.69, 9.17) is 0 Å². The van der Waals surface area contributed by atoms with Crippen LogP contribution in [0.3, 0.4) is 0 Å². The Labute approximate surface area is 129 Å². The second kappa shape index (κ2) is 5.68. The first-order valence-corrected chi connectivity index (χ1v) is 9.49. The number of nitrogens with one attached hydrogen (secondary N) is 1. The predicted molar refractivity (Wildman–Crippen MR) is 87.2 cm³/mol. The van der Waals surface area contributed by atoms with Crippen LogP contribution >= 0.6 is 11.3 Å². The molecule has 21 heavy (non-hydrogen) atoms. The Balaban J connectivity index is 2.01. The Kier molecular flexibility index (Phi) is 4.05. The largest absolute Gasteiger partial charge is 0.316 e. The maximum Gasteiger partial charge on any atom is 0.243 e. The number of piperidine rings is 1. The number of hydrogen-bond acceptors (Lipinski definition) is 4. The lowest BCUT2D eigenvalue weighted by molar-refractivity contribution is 0.226. The Morgan fingerprint density at radius 2 is 2.14 bits per heavy atom. The van der Waals surface area contributed by atoms with Gasteiger partial charge in [0.25, 0.3) is 0 Å². The van der Waals surface area contributed by atoms with Gasteiger partial charge >= 0.3 is 0 Å². The fraction of sp³-hybridized carbons (Fsp3) is 0.467. The number of hydrogen-bond donors (Lipinski definition) is 1. The van der Waals surface area contributed by atoms with Crippen molar-refractivity contribution >= 4 is 31.4 Å². The Bertz CT molecular complexity index is 739. The first-order chi connectivity index (χ1) is 10.0. The summed E-state index contributed by atoms with van der Waals surface area (Å²) in [6.07, 6.45) is 0.858. The van der Waals surface area contributed by atoms with E-state index < -0.39 is 10.0 Å². The van der Waals surface area contributed by atoms with Gasteiger partial charge in [0.15, 0.2) is 0 Å². The fourth-order valence-corrected chi connectivity index (χ4v) is 5.63. The lowest BCUT2D eigenvalue weighted by Gasteiger charge is -2.35. The lowest BCUT2D eigenvalue weighted by atomic mass is 9.96. The fourth-order valence-electron chi connectivity index (χ4n) is 3.07. The van der Waals surface area contributed by atoms with Crippen LogP contribution in [-0.2, 0) is 10.0 Å². The summed E-state index contributed by atoms with van der Waals surface area (Å²) >= 11 is 1.57. The third-order valence-electron chi connectivity index (χ3n) is 4.32. The zero-order valence-corrected chi connectivity index (χ0v) is 13.9. The summed E-state index contributed by atoms with van der Waals surface area (Å²) in [5.41, 5.74) is 0. The average molecular weight is 324 g/mol. The van der Waals surface area contributed by atoms with Gasteiger partial charge in [0.05, 0.1) is 4.90 Å². The van der Waals surface area contributed by atoms with Crippen LogP contribution in [0.5, 0.6) is 0 Å². The van der Waals surface area contributed by atoms with E-state index in [2.05, 4.69) is 12.2 Å². The molecule has 1 aliphatic rings. The smallest absolute Gasteiger partial charge is 0.243 e. The van der Waals surface area contributed by atoms with Crippen LogP contribution in [0.2, 0.25) is 0 Å². The minimum Gasteiger partial charge on any atom is -0.316 e. The molecule has 0 aliphatic carbocycles. The van der Waals surface area contributed by atoms with Crippen LogP contribution < -0.4 is 5.32 Å². The maximum atomic E-state index is 13.0. The summed E-state index contributed by atoms with van der Waals surface area (Å²) in [4.78, 5) is 0.425. The van der Waals surface area contributed by atoms with Gasteiger partial charge < -0.3 is 5.32 Å². The molecule has 1 aromatic carbocycles. The summed E-state index contributed by atoms with van der Waals surface area (Å²) in [5, 5.41) is 6.09. The molecule has 0 radical (unpaired) electrons. The summed E-state index contributed by atoms with van der Waals surface area (Å²) < 4.78 is 28.6. The van der Waals surface area contributed by atoms with Gasteiger partial charge in [-0.15, -0.1) is 11.3 Å². The van der Waals surface area contributed by atoms with Crippen LogP contribution in [0, 0.1) is 5.92 Å². The van der Waals surface area contributed by atoms with E-state index in [0.29, 0.717) is 10.8 Å². The molecule has 1 fully saturated rings. The number of benzene rings is 1. The van der Waals surface area contributed by atoms with E-state index in [0.717, 1.165) is 29.6 Å². The Morgan fingerprint density at radius 3 is 2.90 bits per heavy atom. The maximum absolute atomic E-state index is 13.0. The van der Waals surface area contributed by atoms with Crippen LogP contribution in [0.4, 0.5) is 0 Å². The van der Waals surface area contributed by atoms with Crippen LogP contribution in [0.1, 0.15) is 13.3 Å². The van der Waals surface area contributed by atoms with E-state index in [1.54, 1.807) is 28.8 Å². The molecule has 2 aromatic rings. The van der Waals surface area contributed by atoms with E-state index >= 15 is 0 Å². The molecule has 114 valence electrons. The zero-order valence-electron chi connectivity index (χ0n) is 12.2. The third kappa shape index (κ3) is 2.61. The first-order valence-electron chi connectivity index (χ1n) is 7.17. The van der Waals surface area contributed by atoms with Gasteiger partial charge in [-0.2, -0.15) is 4.31 Å². The van der Waals surface area contributed by atoms with E-state index in [9.17, 15) is 8.42 Å². The van der Waals surface area contributed by atoms with Crippen molar-refractivity contribution < 1.29 is 8.42 Å². The van der Waals surface area contributed by atoms with Gasteiger partial charge in [0.2, 0.25) is 10.0 Å². The highest BCUT2D eigenvalue weighted by Gasteiger charge is 2.33. The standard InChI is InChI=1S/C15H20N2O2S2/c1-11-10-16-8-6-13(11)17(2)21(18,19)15-5-3-4-14-12(15)7-9-20-14/h3-5,7,9,11,13,16H,6,8,10H2,1-2H3. The normalized spacial score (nSPS) is 23.8. The monoisotopic (exact) mass is 324 g/mol. The Morgan fingerprint density at radius 1 is 1.33 bits per heavy atom. The molecule has 2 atom stereocenters. The molecule has 4 nitrogen and oxygen atoms in total. The minimum atomic E-state index is -3.46. The topological polar surface area (TPSA) is 49.4 Å². The van der Waals surface area contributed by atoms with Crippen molar-refractivity contribution in [1.29, 1.82) is 0 Å². The molecule has 1 aromatic heterocycles. The molecule has 1 saturated heterocycles. The molecule has 0 amide bonds. The number of fused-ring (bicyclic) bond motifs is 1. The van der Waals surface area contributed by atoms with Crippen molar-refractivity contribution in [2.45, 2.75) is 24.3 Å². The minimum absolute atomic E-state index is 0.0603. The molecule has 1 aliphatic heterocycles. The second-order valence-electron chi connectivity index (χ2n) is 5.65. The Hall–Kier alpha value is -0.950. The first kappa shape index (κ1) is 15.0. The summed E-state index contributed by atoms with van der Waals surface area (Å²) in [7, 11) is -1.74. The number of rotatable bonds is 3. The number of sulfonamides is 1. The van der Waals surface area contributed by atoms with Gasteiger partial charge in [0, 0.05) is 23.2 Å². The zero-order chi connectivity index (χ0) is 15.0. The van der Waals surface area contributed by atoms with Crippen molar-refractivity contribution in [3.8, 4) is 0 Å². The lowest BCUT2D eigenvalue weighted by Crippen LogP contribution is -2.49. The number of thiophene rings is 1. The highest BCUT2D eigenvalue weighted by atomic mass is 32.2. The molecular weight excluding hydrogens is 304 g/mol. The molecule has 0 saturated carbocycles. The number of nitrogens with zero attached hydrogens (tertiary/aromatic N) is 1. The second-order valence-corrected chi connectivity index (χ2v) is 8.56. The van der Waals surface area contributed by atoms with Crippen LogP contribution in [-0.4, -0.2) is 38.9 Å². The van der Waals surface area contributed by atoms with E-state index in [-0.39, 0.29) is 6.04 Å². The molecule has 3 rings (SSSR count). The van der Waals surface area contributed by atoms with Gasteiger partial charge in [-0.3, -0.25) is 0 Å². The van der Waals surface area contributed by atoms with E-state index in [1.807, 2.05) is 23.6 Å². The molecule has 0 bridgehead atoms. The average Bonchev–Trinajstić information content (AvgIpc) is 2.95. The molecule has 2 unspecified atom stereocenters. The SMILES string of the molecule is CC1CNCCC1N(C)S(=O)(=O)c1cccc2sccc12. The summed E-state index contributed by atoms with van der Waals surface area (Å²) in [6.45, 7) is 3.85. The van der Waals surface area contributed by atoms with Crippen molar-refractivity contribution in [1.82, 2.24) is 9.62 Å². The van der Waals surface area contributed by atoms with Crippen LogP contribution in [0.25, 0.3) is 10.1 Å². The highest BCUT2D eigenvalue weighted by Crippen LogP contribution is 2.31. The summed E-state index contributed by atoms with van der Waals surface area (Å²) in [5.74, 6) is 0.320. The van der Waals surface area contributed by atoms with Crippen LogP contribution in [0.15, 0.2) is 34.5 Å². The molecule has 6 heteroatoms.